The molecule has 0 N–H and O–H groups in total. The first-order valence-electron chi connectivity index (χ1n) is 13.4. The molecule has 6 aromatic carbocycles. The van der Waals surface area contributed by atoms with Crippen LogP contribution in [0.25, 0.3) is 71.0 Å². The minimum atomic E-state index is 0.929. The van der Waals surface area contributed by atoms with E-state index in [1.54, 1.807) is 0 Å². The van der Waals surface area contributed by atoms with Gasteiger partial charge in [-0.3, -0.25) is 0 Å². The predicted octanol–water partition coefficient (Wildman–Crippen LogP) is 10.8. The molecule has 0 unspecified atom stereocenters. The van der Waals surface area contributed by atoms with E-state index in [2.05, 4.69) is 122 Å². The topological polar surface area (TPSA) is 13.1 Å². The quantitative estimate of drug-likeness (QED) is 0.222. The molecule has 0 aliphatic heterocycles. The summed E-state index contributed by atoms with van der Waals surface area (Å²) in [7, 11) is 0. The highest BCUT2D eigenvalue weighted by Gasteiger charge is 2.19. The Kier molecular flexibility index (Phi) is 4.63. The van der Waals surface area contributed by atoms with Crippen molar-refractivity contribution in [2.75, 3.05) is 0 Å². The molecule has 0 saturated carbocycles. The number of rotatable bonds is 2. The summed E-state index contributed by atoms with van der Waals surface area (Å²) in [6.45, 7) is 2.19. The first kappa shape index (κ1) is 21.5. The van der Waals surface area contributed by atoms with E-state index in [1.807, 2.05) is 0 Å². The second-order valence-corrected chi connectivity index (χ2v) is 10.5. The zero-order valence-electron chi connectivity index (χ0n) is 21.3. The fraction of sp³-hybridized carbons (Fsp3) is 0.0811. The van der Waals surface area contributed by atoms with E-state index >= 15 is 0 Å². The van der Waals surface area contributed by atoms with Gasteiger partial charge < -0.3 is 4.42 Å². The molecule has 0 spiro atoms. The van der Waals surface area contributed by atoms with E-state index in [0.717, 1.165) is 24.0 Å². The lowest BCUT2D eigenvalue weighted by Gasteiger charge is -2.19. The molecule has 0 amide bonds. The minimum Gasteiger partial charge on any atom is -0.456 e. The summed E-state index contributed by atoms with van der Waals surface area (Å²) in [5, 5.41) is 10.0. The number of aryl methyl sites for hydroxylation is 1. The number of hydrogen-bond donors (Lipinski definition) is 0. The normalized spacial score (nSPS) is 13.8. The molecule has 7 aromatic rings. The van der Waals surface area contributed by atoms with Crippen LogP contribution in [0.2, 0.25) is 0 Å². The zero-order valence-corrected chi connectivity index (χ0v) is 21.3. The third kappa shape index (κ3) is 3.12. The van der Waals surface area contributed by atoms with Crippen molar-refractivity contribution in [3.05, 3.63) is 126 Å². The first-order valence-corrected chi connectivity index (χ1v) is 13.4. The Bertz CT molecular complexity index is 2130. The van der Waals surface area contributed by atoms with Gasteiger partial charge in [-0.15, -0.1) is 0 Å². The van der Waals surface area contributed by atoms with Crippen molar-refractivity contribution < 1.29 is 4.42 Å². The first-order chi connectivity index (χ1) is 18.8. The van der Waals surface area contributed by atoms with E-state index in [-0.39, 0.29) is 0 Å². The maximum absolute atomic E-state index is 6.33. The molecule has 0 radical (unpaired) electrons. The molecule has 1 heterocycles. The molecule has 1 aliphatic rings. The highest BCUT2D eigenvalue weighted by molar-refractivity contribution is 6.22. The molecule has 1 nitrogen and oxygen atoms in total. The summed E-state index contributed by atoms with van der Waals surface area (Å²) in [5.74, 6) is 0. The number of fused-ring (bicyclic) bond motifs is 7. The van der Waals surface area contributed by atoms with Gasteiger partial charge in [0, 0.05) is 10.8 Å². The van der Waals surface area contributed by atoms with Crippen molar-refractivity contribution in [2.45, 2.75) is 19.8 Å². The third-order valence-electron chi connectivity index (χ3n) is 8.11. The summed E-state index contributed by atoms with van der Waals surface area (Å²) in [4.78, 5) is 0. The lowest BCUT2D eigenvalue weighted by atomic mass is 9.84. The average Bonchev–Trinajstić information content (AvgIpc) is 3.35. The van der Waals surface area contributed by atoms with E-state index < -0.39 is 0 Å². The summed E-state index contributed by atoms with van der Waals surface area (Å²) < 4.78 is 6.33. The molecular weight excluding hydrogens is 460 g/mol. The maximum atomic E-state index is 6.33. The lowest BCUT2D eigenvalue weighted by Crippen LogP contribution is -1.95. The Balaban J connectivity index is 1.51. The smallest absolute Gasteiger partial charge is 0.136 e. The van der Waals surface area contributed by atoms with E-state index in [1.165, 1.54) is 70.9 Å². The van der Waals surface area contributed by atoms with Crippen LogP contribution in [0.5, 0.6) is 0 Å². The molecule has 8 rings (SSSR count). The van der Waals surface area contributed by atoms with Crippen LogP contribution < -0.4 is 0 Å². The van der Waals surface area contributed by atoms with Crippen LogP contribution in [0.15, 0.2) is 120 Å². The van der Waals surface area contributed by atoms with Crippen molar-refractivity contribution in [1.82, 2.24) is 0 Å². The predicted molar refractivity (Wildman–Crippen MR) is 163 cm³/mol. The highest BCUT2D eigenvalue weighted by Crippen LogP contribution is 2.44. The average molecular weight is 487 g/mol. The maximum Gasteiger partial charge on any atom is 0.136 e. The van der Waals surface area contributed by atoms with E-state index in [0.29, 0.717) is 0 Å². The fourth-order valence-corrected chi connectivity index (χ4v) is 6.42. The van der Waals surface area contributed by atoms with Crippen LogP contribution >= 0.6 is 0 Å². The van der Waals surface area contributed by atoms with Crippen LogP contribution in [-0.4, -0.2) is 0 Å². The third-order valence-corrected chi connectivity index (χ3v) is 8.11. The van der Waals surface area contributed by atoms with Crippen molar-refractivity contribution in [3.8, 4) is 11.1 Å². The Morgan fingerprint density at radius 2 is 1.34 bits per heavy atom. The van der Waals surface area contributed by atoms with Gasteiger partial charge in [0.1, 0.15) is 11.2 Å². The van der Waals surface area contributed by atoms with Crippen molar-refractivity contribution in [1.29, 1.82) is 0 Å². The lowest BCUT2D eigenvalue weighted by molar-refractivity contribution is 0.669. The molecule has 1 aromatic heterocycles. The highest BCUT2D eigenvalue weighted by atomic mass is 16.3. The van der Waals surface area contributed by atoms with Gasteiger partial charge in [-0.1, -0.05) is 103 Å². The molecule has 1 heteroatoms. The number of hydrogen-bond acceptors (Lipinski definition) is 1. The summed E-state index contributed by atoms with van der Waals surface area (Å²) in [6.07, 6.45) is 9.22. The molecule has 0 saturated heterocycles. The molecule has 0 bridgehead atoms. The fourth-order valence-electron chi connectivity index (χ4n) is 6.42. The van der Waals surface area contributed by atoms with Gasteiger partial charge in [0.05, 0.1) is 0 Å². The largest absolute Gasteiger partial charge is 0.456 e. The monoisotopic (exact) mass is 486 g/mol. The zero-order chi connectivity index (χ0) is 25.2. The molecule has 0 fully saturated rings. The number of furan rings is 1. The van der Waals surface area contributed by atoms with Crippen LogP contribution in [0.4, 0.5) is 0 Å². The molecule has 180 valence electrons. The summed E-state index contributed by atoms with van der Waals surface area (Å²) >= 11 is 0. The minimum absolute atomic E-state index is 0.929. The van der Waals surface area contributed by atoms with Crippen LogP contribution in [0, 0.1) is 6.92 Å². The standard InChI is InChI=1S/C37H26O/c1-23-15-18-30-31(21-23)35(25-10-3-2-4-11-25)28-13-7-8-14-29(28)36(30)26-17-19-33-32(22-26)37-27-12-6-5-9-24(27)16-20-34(37)38-33/h3,5-22H,2,4H2,1H3. The Morgan fingerprint density at radius 1 is 0.579 bits per heavy atom. The van der Waals surface area contributed by atoms with Crippen molar-refractivity contribution in [2.24, 2.45) is 0 Å². The number of allylic oxidation sites excluding steroid dienone is 4. The van der Waals surface area contributed by atoms with Gasteiger partial charge >= 0.3 is 0 Å². The van der Waals surface area contributed by atoms with Crippen LogP contribution in [0.3, 0.4) is 0 Å². The van der Waals surface area contributed by atoms with Gasteiger partial charge in [0.25, 0.3) is 0 Å². The van der Waals surface area contributed by atoms with Crippen LogP contribution in [0.1, 0.15) is 24.0 Å². The van der Waals surface area contributed by atoms with Gasteiger partial charge in [0.15, 0.2) is 0 Å². The second-order valence-electron chi connectivity index (χ2n) is 10.5. The van der Waals surface area contributed by atoms with Gasteiger partial charge in [0.2, 0.25) is 0 Å². The Hall–Kier alpha value is -4.62. The van der Waals surface area contributed by atoms with E-state index in [4.69, 9.17) is 4.42 Å². The Morgan fingerprint density at radius 3 is 2.18 bits per heavy atom. The van der Waals surface area contributed by atoms with Crippen molar-refractivity contribution >= 4 is 59.8 Å². The molecule has 0 atom stereocenters. The molecular formula is C37H26O. The van der Waals surface area contributed by atoms with Gasteiger partial charge in [-0.2, -0.15) is 0 Å². The van der Waals surface area contributed by atoms with Crippen LogP contribution in [-0.2, 0) is 0 Å². The summed E-state index contributed by atoms with van der Waals surface area (Å²) in [5.41, 5.74) is 8.33. The van der Waals surface area contributed by atoms with E-state index in [9.17, 15) is 0 Å². The SMILES string of the molecule is Cc1ccc2c(-c3ccc4oc5ccc6ccccc6c5c4c3)c3ccccc3c(C3=CCCC=C3)c2c1. The number of benzene rings is 6. The van der Waals surface area contributed by atoms with Gasteiger partial charge in [-0.25, -0.2) is 0 Å². The van der Waals surface area contributed by atoms with Gasteiger partial charge in [-0.05, 0) is 92.5 Å². The second kappa shape index (κ2) is 8.19. The molecule has 38 heavy (non-hydrogen) atoms. The summed E-state index contributed by atoms with van der Waals surface area (Å²) in [6, 6.07) is 35.4. The van der Waals surface area contributed by atoms with Crippen molar-refractivity contribution in [3.63, 3.8) is 0 Å². The molecule has 1 aliphatic carbocycles. The Labute approximate surface area is 221 Å².